The van der Waals surface area contributed by atoms with E-state index in [4.69, 9.17) is 5.11 Å². The normalized spacial score (nSPS) is 11.6. The molecule has 8 heteroatoms. The van der Waals surface area contributed by atoms with Crippen molar-refractivity contribution in [3.63, 3.8) is 0 Å². The van der Waals surface area contributed by atoms with Crippen LogP contribution in [0.25, 0.3) is 0 Å². The summed E-state index contributed by atoms with van der Waals surface area (Å²) < 4.78 is 48.0. The second-order valence-electron chi connectivity index (χ2n) is 4.08. The maximum Gasteiger partial charge on any atom is 0.341 e. The van der Waals surface area contributed by atoms with Gasteiger partial charge in [-0.05, 0) is 25.0 Å². The molecule has 0 bridgehead atoms. The first-order chi connectivity index (χ1) is 9.35. The molecule has 0 fully saturated rings. The molecule has 1 aromatic carbocycles. The number of carbonyl (C=O) groups is 1. The molecule has 0 heterocycles. The summed E-state index contributed by atoms with van der Waals surface area (Å²) in [5.74, 6) is -4.39. The molecule has 20 heavy (non-hydrogen) atoms. The van der Waals surface area contributed by atoms with Gasteiger partial charge in [-0.25, -0.2) is 8.42 Å². The zero-order valence-electron chi connectivity index (χ0n) is 10.6. The van der Waals surface area contributed by atoms with Crippen molar-refractivity contribution in [1.29, 1.82) is 0 Å². The minimum Gasteiger partial charge on any atom is -0.481 e. The van der Waals surface area contributed by atoms with Crippen LogP contribution in [0.5, 0.6) is 0 Å². The standard InChI is InChI=1S/C12H15F2NO4S/c13-12(14)20(18,19)10-6-2-1-5-9(10)15-8-4-3-7-11(16)17/h1-2,5-6,12,15H,3-4,7-8H2,(H,16,17). The predicted molar refractivity (Wildman–Crippen MR) is 69.6 cm³/mol. The van der Waals surface area contributed by atoms with Gasteiger partial charge in [-0.3, -0.25) is 4.79 Å². The highest BCUT2D eigenvalue weighted by molar-refractivity contribution is 7.91. The molecule has 0 aliphatic carbocycles. The Hall–Kier alpha value is -1.70. The minimum absolute atomic E-state index is 0.0126. The highest BCUT2D eigenvalue weighted by Gasteiger charge is 2.28. The summed E-state index contributed by atoms with van der Waals surface area (Å²) in [6.07, 6.45) is 0.931. The first-order valence-corrected chi connectivity index (χ1v) is 7.47. The molecule has 0 atom stereocenters. The SMILES string of the molecule is O=C(O)CCCCNc1ccccc1S(=O)(=O)C(F)F. The first-order valence-electron chi connectivity index (χ1n) is 5.92. The van der Waals surface area contributed by atoms with Crippen LogP contribution in [-0.2, 0) is 14.6 Å². The summed E-state index contributed by atoms with van der Waals surface area (Å²) >= 11 is 0. The monoisotopic (exact) mass is 307 g/mol. The van der Waals surface area contributed by atoms with Crippen LogP contribution in [-0.4, -0.2) is 31.8 Å². The van der Waals surface area contributed by atoms with Crippen LogP contribution in [0, 0.1) is 0 Å². The van der Waals surface area contributed by atoms with Gasteiger partial charge in [0.2, 0.25) is 9.84 Å². The van der Waals surface area contributed by atoms with Crippen molar-refractivity contribution in [3.8, 4) is 0 Å². The Bertz CT molecular complexity index is 560. The van der Waals surface area contributed by atoms with Crippen LogP contribution in [0.3, 0.4) is 0 Å². The molecule has 0 aliphatic heterocycles. The zero-order chi connectivity index (χ0) is 15.2. The molecule has 0 unspecified atom stereocenters. The van der Waals surface area contributed by atoms with Crippen LogP contribution in [0.2, 0.25) is 0 Å². The fraction of sp³-hybridized carbons (Fsp3) is 0.417. The first kappa shape index (κ1) is 16.4. The van der Waals surface area contributed by atoms with Gasteiger partial charge in [0, 0.05) is 13.0 Å². The van der Waals surface area contributed by atoms with Crippen LogP contribution in [0.1, 0.15) is 19.3 Å². The Labute approximate surface area is 115 Å². The molecular formula is C12H15F2NO4S. The summed E-state index contributed by atoms with van der Waals surface area (Å²) in [6.45, 7) is 0.309. The lowest BCUT2D eigenvalue weighted by Gasteiger charge is -2.11. The zero-order valence-corrected chi connectivity index (χ0v) is 11.4. The fourth-order valence-electron chi connectivity index (χ4n) is 1.58. The van der Waals surface area contributed by atoms with Gasteiger partial charge in [0.25, 0.3) is 0 Å². The van der Waals surface area contributed by atoms with Crippen molar-refractivity contribution in [3.05, 3.63) is 24.3 Å². The number of hydrogen-bond acceptors (Lipinski definition) is 4. The molecule has 0 aliphatic rings. The van der Waals surface area contributed by atoms with Crippen molar-refractivity contribution in [1.82, 2.24) is 0 Å². The molecule has 0 spiro atoms. The highest BCUT2D eigenvalue weighted by atomic mass is 32.2. The number of unbranched alkanes of at least 4 members (excludes halogenated alkanes) is 1. The van der Waals surface area contributed by atoms with E-state index in [0.717, 1.165) is 6.07 Å². The van der Waals surface area contributed by atoms with Crippen molar-refractivity contribution in [2.45, 2.75) is 29.9 Å². The predicted octanol–water partition coefficient (Wildman–Crippen LogP) is 2.35. The Balaban J connectivity index is 2.70. The number of hydrogen-bond donors (Lipinski definition) is 2. The molecule has 5 nitrogen and oxygen atoms in total. The van der Waals surface area contributed by atoms with E-state index in [0.29, 0.717) is 19.4 Å². The van der Waals surface area contributed by atoms with Crippen LogP contribution in [0.15, 0.2) is 29.2 Å². The molecule has 1 aromatic rings. The topological polar surface area (TPSA) is 83.5 Å². The summed E-state index contributed by atoms with van der Waals surface area (Å²) in [5, 5.41) is 11.2. The number of nitrogens with one attached hydrogen (secondary N) is 1. The van der Waals surface area contributed by atoms with E-state index in [1.54, 1.807) is 0 Å². The third-order valence-corrected chi connectivity index (χ3v) is 4.00. The maximum absolute atomic E-state index is 12.5. The Kier molecular flexibility index (Phi) is 5.87. The number of carboxylic acids is 1. The van der Waals surface area contributed by atoms with Crippen LogP contribution >= 0.6 is 0 Å². The average molecular weight is 307 g/mol. The van der Waals surface area contributed by atoms with Gasteiger partial charge in [-0.2, -0.15) is 8.78 Å². The van der Waals surface area contributed by atoms with E-state index < -0.39 is 26.5 Å². The number of para-hydroxylation sites is 1. The lowest BCUT2D eigenvalue weighted by molar-refractivity contribution is -0.137. The minimum atomic E-state index is -4.65. The van der Waals surface area contributed by atoms with E-state index in [1.807, 2.05) is 0 Å². The number of anilines is 1. The van der Waals surface area contributed by atoms with E-state index in [2.05, 4.69) is 5.32 Å². The molecule has 112 valence electrons. The van der Waals surface area contributed by atoms with Crippen molar-refractivity contribution < 1.29 is 27.1 Å². The van der Waals surface area contributed by atoms with E-state index in [-0.39, 0.29) is 12.1 Å². The third-order valence-electron chi connectivity index (χ3n) is 2.56. The summed E-state index contributed by atoms with van der Waals surface area (Å²) in [7, 11) is -4.65. The summed E-state index contributed by atoms with van der Waals surface area (Å²) in [5.41, 5.74) is 0.100. The Morgan fingerprint density at radius 3 is 2.50 bits per heavy atom. The van der Waals surface area contributed by atoms with Crippen molar-refractivity contribution in [2.75, 3.05) is 11.9 Å². The number of alkyl halides is 2. The second-order valence-corrected chi connectivity index (χ2v) is 5.97. The van der Waals surface area contributed by atoms with Crippen molar-refractivity contribution >= 4 is 21.5 Å². The number of carboxylic acid groups (broad SMARTS) is 1. The van der Waals surface area contributed by atoms with Gasteiger partial charge < -0.3 is 10.4 Å². The number of benzene rings is 1. The Morgan fingerprint density at radius 1 is 1.25 bits per heavy atom. The van der Waals surface area contributed by atoms with Crippen molar-refractivity contribution in [2.24, 2.45) is 0 Å². The lowest BCUT2D eigenvalue weighted by atomic mass is 10.2. The third kappa shape index (κ3) is 4.44. The fourth-order valence-corrected chi connectivity index (χ4v) is 2.49. The maximum atomic E-state index is 12.5. The van der Waals surface area contributed by atoms with Gasteiger partial charge in [0.05, 0.1) is 10.6 Å². The number of sulfone groups is 1. The molecule has 0 saturated heterocycles. The molecule has 0 radical (unpaired) electrons. The van der Waals surface area contributed by atoms with Gasteiger partial charge in [0.1, 0.15) is 0 Å². The lowest BCUT2D eigenvalue weighted by Crippen LogP contribution is -2.14. The smallest absolute Gasteiger partial charge is 0.341 e. The molecule has 0 saturated carbocycles. The quantitative estimate of drug-likeness (QED) is 0.720. The summed E-state index contributed by atoms with van der Waals surface area (Å²) in [4.78, 5) is 9.86. The largest absolute Gasteiger partial charge is 0.481 e. The Morgan fingerprint density at radius 2 is 1.90 bits per heavy atom. The number of rotatable bonds is 8. The molecule has 2 N–H and O–H groups in total. The van der Waals surface area contributed by atoms with Crippen LogP contribution in [0.4, 0.5) is 14.5 Å². The van der Waals surface area contributed by atoms with E-state index >= 15 is 0 Å². The highest BCUT2D eigenvalue weighted by Crippen LogP contribution is 2.25. The average Bonchev–Trinajstić information content (AvgIpc) is 2.38. The van der Waals surface area contributed by atoms with E-state index in [9.17, 15) is 22.0 Å². The van der Waals surface area contributed by atoms with E-state index in [1.165, 1.54) is 18.2 Å². The molecule has 0 amide bonds. The molecular weight excluding hydrogens is 292 g/mol. The number of aliphatic carboxylic acids is 1. The molecule has 0 aromatic heterocycles. The van der Waals surface area contributed by atoms with Gasteiger partial charge in [-0.1, -0.05) is 12.1 Å². The van der Waals surface area contributed by atoms with Gasteiger partial charge in [-0.15, -0.1) is 0 Å². The molecule has 1 rings (SSSR count). The van der Waals surface area contributed by atoms with Gasteiger partial charge >= 0.3 is 11.7 Å². The van der Waals surface area contributed by atoms with Gasteiger partial charge in [0.15, 0.2) is 0 Å². The summed E-state index contributed by atoms with van der Waals surface area (Å²) in [6, 6.07) is 5.41. The number of halogens is 2. The van der Waals surface area contributed by atoms with Crippen LogP contribution < -0.4 is 5.32 Å². The second kappa shape index (κ2) is 7.18.